The first kappa shape index (κ1) is 15.0. The summed E-state index contributed by atoms with van der Waals surface area (Å²) in [6.07, 6.45) is 0. The molecule has 0 unspecified atom stereocenters. The average molecular weight is 338 g/mol. The fourth-order valence-corrected chi connectivity index (χ4v) is 2.30. The summed E-state index contributed by atoms with van der Waals surface area (Å²) in [4.78, 5) is 0. The largest absolute Gasteiger partial charge is 0.457 e. The summed E-state index contributed by atoms with van der Waals surface area (Å²) in [5.41, 5.74) is 1.84. The maximum Gasteiger partial charge on any atom is 0.132 e. The van der Waals surface area contributed by atoms with Crippen molar-refractivity contribution in [1.29, 1.82) is 0 Å². The minimum absolute atomic E-state index is 0.251. The molecule has 0 fully saturated rings. The number of hydrogen-bond acceptors (Lipinski definition) is 2. The van der Waals surface area contributed by atoms with Crippen LogP contribution in [0.15, 0.2) is 40.9 Å². The molecule has 0 aliphatic heterocycles. The van der Waals surface area contributed by atoms with Crippen LogP contribution in [-0.2, 0) is 6.54 Å². The van der Waals surface area contributed by atoms with Crippen molar-refractivity contribution in [2.24, 2.45) is 0 Å². The fraction of sp³-hybridized carbons (Fsp3) is 0.250. The summed E-state index contributed by atoms with van der Waals surface area (Å²) in [7, 11) is 0. The molecule has 0 saturated carbocycles. The van der Waals surface area contributed by atoms with Gasteiger partial charge in [-0.05, 0) is 55.4 Å². The Labute approximate surface area is 127 Å². The third-order valence-corrected chi connectivity index (χ3v) is 3.44. The second-order valence-corrected chi connectivity index (χ2v) is 5.46. The molecule has 0 aromatic heterocycles. The van der Waals surface area contributed by atoms with Gasteiger partial charge in [-0.1, -0.05) is 22.9 Å². The third-order valence-electron chi connectivity index (χ3n) is 2.94. The number of nitrogens with one attached hydrogen (secondary N) is 1. The van der Waals surface area contributed by atoms with Crippen LogP contribution in [0, 0.1) is 12.7 Å². The molecule has 0 atom stereocenters. The third kappa shape index (κ3) is 3.81. The van der Waals surface area contributed by atoms with Crippen LogP contribution >= 0.6 is 15.9 Å². The van der Waals surface area contributed by atoms with E-state index < -0.39 is 0 Å². The second-order valence-electron chi connectivity index (χ2n) is 4.54. The molecule has 4 heteroatoms. The average Bonchev–Trinajstić information content (AvgIpc) is 2.41. The normalized spacial score (nSPS) is 10.6. The lowest BCUT2D eigenvalue weighted by Gasteiger charge is -2.13. The van der Waals surface area contributed by atoms with Crippen LogP contribution < -0.4 is 10.1 Å². The molecule has 0 aliphatic carbocycles. The molecule has 106 valence electrons. The molecule has 0 bridgehead atoms. The van der Waals surface area contributed by atoms with Crippen LogP contribution in [0.25, 0.3) is 0 Å². The molecule has 0 amide bonds. The first-order valence-corrected chi connectivity index (χ1v) is 7.32. The first-order chi connectivity index (χ1) is 9.60. The van der Waals surface area contributed by atoms with Crippen molar-refractivity contribution >= 4 is 15.9 Å². The zero-order valence-corrected chi connectivity index (χ0v) is 13.1. The second kappa shape index (κ2) is 6.86. The number of ether oxygens (including phenoxy) is 1. The van der Waals surface area contributed by atoms with Crippen LogP contribution in [0.4, 0.5) is 4.39 Å². The van der Waals surface area contributed by atoms with Crippen LogP contribution in [0.2, 0.25) is 0 Å². The Morgan fingerprint density at radius 3 is 2.60 bits per heavy atom. The van der Waals surface area contributed by atoms with Crippen LogP contribution in [0.1, 0.15) is 18.1 Å². The fourth-order valence-electron chi connectivity index (χ4n) is 1.89. The van der Waals surface area contributed by atoms with Crippen molar-refractivity contribution in [2.45, 2.75) is 20.4 Å². The van der Waals surface area contributed by atoms with E-state index in [-0.39, 0.29) is 5.82 Å². The first-order valence-electron chi connectivity index (χ1n) is 6.53. The molecule has 0 aliphatic rings. The van der Waals surface area contributed by atoms with Crippen LogP contribution in [-0.4, -0.2) is 6.54 Å². The van der Waals surface area contributed by atoms with Crippen LogP contribution in [0.5, 0.6) is 11.5 Å². The Kier molecular flexibility index (Phi) is 5.15. The molecule has 2 aromatic rings. The Morgan fingerprint density at radius 2 is 1.90 bits per heavy atom. The van der Waals surface area contributed by atoms with E-state index >= 15 is 0 Å². The highest BCUT2D eigenvalue weighted by Gasteiger charge is 2.08. The van der Waals surface area contributed by atoms with Gasteiger partial charge < -0.3 is 10.1 Å². The standard InChI is InChI=1S/C16H17BrFNO/c1-3-19-10-12-9-13(17)4-6-16(12)20-15-7-5-14(18)8-11(15)2/h4-9,19H,3,10H2,1-2H3. The molecule has 2 aromatic carbocycles. The van der Waals surface area contributed by atoms with Gasteiger partial charge in [0.2, 0.25) is 0 Å². The van der Waals surface area contributed by atoms with Gasteiger partial charge in [0.25, 0.3) is 0 Å². The van der Waals surface area contributed by atoms with Crippen molar-refractivity contribution in [3.8, 4) is 11.5 Å². The summed E-state index contributed by atoms with van der Waals surface area (Å²) in [6.45, 7) is 5.51. The van der Waals surface area contributed by atoms with Crippen molar-refractivity contribution in [1.82, 2.24) is 5.32 Å². The number of aryl methyl sites for hydroxylation is 1. The van der Waals surface area contributed by atoms with Gasteiger partial charge in [0.15, 0.2) is 0 Å². The predicted octanol–water partition coefficient (Wildman–Crippen LogP) is 4.80. The maximum atomic E-state index is 13.1. The molecular formula is C16H17BrFNO. The van der Waals surface area contributed by atoms with Crippen molar-refractivity contribution in [3.05, 3.63) is 57.8 Å². The molecule has 0 saturated heterocycles. The van der Waals surface area contributed by atoms with Crippen molar-refractivity contribution in [3.63, 3.8) is 0 Å². The van der Waals surface area contributed by atoms with Gasteiger partial charge in [-0.3, -0.25) is 0 Å². The minimum atomic E-state index is -0.251. The highest BCUT2D eigenvalue weighted by atomic mass is 79.9. The lowest BCUT2D eigenvalue weighted by atomic mass is 10.2. The summed E-state index contributed by atoms with van der Waals surface area (Å²) in [6, 6.07) is 10.4. The zero-order valence-electron chi connectivity index (χ0n) is 11.5. The molecule has 0 heterocycles. The van der Waals surface area contributed by atoms with Crippen LogP contribution in [0.3, 0.4) is 0 Å². The number of hydrogen-bond donors (Lipinski definition) is 1. The summed E-state index contributed by atoms with van der Waals surface area (Å²) in [5, 5.41) is 3.28. The van der Waals surface area contributed by atoms with Crippen molar-refractivity contribution < 1.29 is 9.13 Å². The van der Waals surface area contributed by atoms with Gasteiger partial charge in [-0.15, -0.1) is 0 Å². The topological polar surface area (TPSA) is 21.3 Å². The van der Waals surface area contributed by atoms with Gasteiger partial charge in [-0.25, -0.2) is 4.39 Å². The molecule has 20 heavy (non-hydrogen) atoms. The van der Waals surface area contributed by atoms with E-state index in [0.717, 1.165) is 34.4 Å². The number of rotatable bonds is 5. The Balaban J connectivity index is 2.27. The number of benzene rings is 2. The zero-order chi connectivity index (χ0) is 14.5. The molecular weight excluding hydrogens is 321 g/mol. The van der Waals surface area contributed by atoms with E-state index in [1.54, 1.807) is 6.07 Å². The Bertz CT molecular complexity index is 601. The Morgan fingerprint density at radius 1 is 1.15 bits per heavy atom. The van der Waals surface area contributed by atoms with Gasteiger partial charge in [-0.2, -0.15) is 0 Å². The minimum Gasteiger partial charge on any atom is -0.457 e. The highest BCUT2D eigenvalue weighted by Crippen LogP contribution is 2.30. The molecule has 0 radical (unpaired) electrons. The predicted molar refractivity (Wildman–Crippen MR) is 82.7 cm³/mol. The monoisotopic (exact) mass is 337 g/mol. The number of halogens is 2. The smallest absolute Gasteiger partial charge is 0.132 e. The SMILES string of the molecule is CCNCc1cc(Br)ccc1Oc1ccc(F)cc1C. The lowest BCUT2D eigenvalue weighted by molar-refractivity contribution is 0.467. The highest BCUT2D eigenvalue weighted by molar-refractivity contribution is 9.10. The summed E-state index contributed by atoms with van der Waals surface area (Å²) in [5.74, 6) is 1.20. The van der Waals surface area contributed by atoms with E-state index in [1.807, 2.05) is 25.1 Å². The summed E-state index contributed by atoms with van der Waals surface area (Å²) >= 11 is 3.46. The van der Waals surface area contributed by atoms with E-state index in [4.69, 9.17) is 4.74 Å². The van der Waals surface area contributed by atoms with Crippen molar-refractivity contribution in [2.75, 3.05) is 6.54 Å². The Hall–Kier alpha value is -1.39. The van der Waals surface area contributed by atoms with E-state index in [9.17, 15) is 4.39 Å². The van der Waals surface area contributed by atoms with E-state index in [0.29, 0.717) is 5.75 Å². The quantitative estimate of drug-likeness (QED) is 0.846. The van der Waals surface area contributed by atoms with Gasteiger partial charge in [0, 0.05) is 16.6 Å². The maximum absolute atomic E-state index is 13.1. The van der Waals surface area contributed by atoms with E-state index in [2.05, 4.69) is 28.2 Å². The molecule has 1 N–H and O–H groups in total. The summed E-state index contributed by atoms with van der Waals surface area (Å²) < 4.78 is 20.0. The van der Waals surface area contributed by atoms with Gasteiger partial charge in [0.1, 0.15) is 17.3 Å². The molecule has 2 nitrogen and oxygen atoms in total. The van der Waals surface area contributed by atoms with Gasteiger partial charge in [0.05, 0.1) is 0 Å². The molecule has 0 spiro atoms. The lowest BCUT2D eigenvalue weighted by Crippen LogP contribution is -2.12. The van der Waals surface area contributed by atoms with Gasteiger partial charge >= 0.3 is 0 Å². The van der Waals surface area contributed by atoms with E-state index in [1.165, 1.54) is 12.1 Å². The molecule has 2 rings (SSSR count).